The molecule has 3 N–H and O–H groups in total. The Hall–Kier alpha value is -1.24. The van der Waals surface area contributed by atoms with Gasteiger partial charge in [-0.05, 0) is 24.6 Å². The summed E-state index contributed by atoms with van der Waals surface area (Å²) in [5.74, 6) is -2.29. The van der Waals surface area contributed by atoms with Gasteiger partial charge in [-0.3, -0.25) is 4.79 Å². The SMILES string of the molecule is COCC(NC(=O)C(C)N)c1ccc(F)c(F)c1.Cl. The number of hydrogen-bond donors (Lipinski definition) is 2. The van der Waals surface area contributed by atoms with Crippen LogP contribution in [0.25, 0.3) is 0 Å². The molecular formula is C12H17ClF2N2O2. The fraction of sp³-hybridized carbons (Fsp3) is 0.417. The lowest BCUT2D eigenvalue weighted by Gasteiger charge is -2.19. The van der Waals surface area contributed by atoms with Crippen LogP contribution in [0.1, 0.15) is 18.5 Å². The monoisotopic (exact) mass is 294 g/mol. The number of benzene rings is 1. The van der Waals surface area contributed by atoms with Crippen molar-refractivity contribution in [2.45, 2.75) is 19.0 Å². The van der Waals surface area contributed by atoms with Crippen molar-refractivity contribution < 1.29 is 18.3 Å². The van der Waals surface area contributed by atoms with Gasteiger partial charge in [0.25, 0.3) is 0 Å². The summed E-state index contributed by atoms with van der Waals surface area (Å²) in [5, 5.41) is 2.60. The van der Waals surface area contributed by atoms with E-state index in [1.165, 1.54) is 20.1 Å². The second-order valence-electron chi connectivity index (χ2n) is 3.98. The minimum Gasteiger partial charge on any atom is -0.382 e. The number of amides is 1. The molecule has 0 spiro atoms. The molecule has 0 radical (unpaired) electrons. The highest BCUT2D eigenvalue weighted by Gasteiger charge is 2.18. The molecule has 0 bridgehead atoms. The Morgan fingerprint density at radius 1 is 1.42 bits per heavy atom. The summed E-state index contributed by atoms with van der Waals surface area (Å²) in [7, 11) is 1.45. The van der Waals surface area contributed by atoms with Crippen LogP contribution in [0.15, 0.2) is 18.2 Å². The van der Waals surface area contributed by atoms with E-state index in [-0.39, 0.29) is 24.9 Å². The molecule has 7 heteroatoms. The van der Waals surface area contributed by atoms with E-state index in [2.05, 4.69) is 5.32 Å². The van der Waals surface area contributed by atoms with Crippen LogP contribution in [0.4, 0.5) is 8.78 Å². The molecule has 0 saturated heterocycles. The van der Waals surface area contributed by atoms with Gasteiger partial charge in [0.15, 0.2) is 11.6 Å². The predicted molar refractivity (Wildman–Crippen MR) is 70.0 cm³/mol. The van der Waals surface area contributed by atoms with Crippen molar-refractivity contribution >= 4 is 18.3 Å². The Morgan fingerprint density at radius 2 is 2.05 bits per heavy atom. The number of carbonyl (C=O) groups is 1. The van der Waals surface area contributed by atoms with Gasteiger partial charge in [-0.1, -0.05) is 6.07 Å². The second kappa shape index (κ2) is 8.04. The minimum atomic E-state index is -0.969. The topological polar surface area (TPSA) is 64.3 Å². The van der Waals surface area contributed by atoms with Crippen LogP contribution >= 0.6 is 12.4 Å². The molecule has 2 atom stereocenters. The first kappa shape index (κ1) is 17.8. The third-order valence-electron chi connectivity index (χ3n) is 2.41. The van der Waals surface area contributed by atoms with Gasteiger partial charge >= 0.3 is 0 Å². The zero-order valence-electron chi connectivity index (χ0n) is 10.7. The number of methoxy groups -OCH3 is 1. The van der Waals surface area contributed by atoms with Crippen LogP contribution in [-0.2, 0) is 9.53 Å². The van der Waals surface area contributed by atoms with Crippen LogP contribution in [0.3, 0.4) is 0 Å². The summed E-state index contributed by atoms with van der Waals surface area (Å²) in [6.07, 6.45) is 0. The average molecular weight is 295 g/mol. The van der Waals surface area contributed by atoms with E-state index in [1.54, 1.807) is 0 Å². The first-order valence-electron chi connectivity index (χ1n) is 5.45. The Kier molecular flexibility index (Phi) is 7.51. The summed E-state index contributed by atoms with van der Waals surface area (Å²) in [4.78, 5) is 11.5. The molecule has 0 aliphatic rings. The smallest absolute Gasteiger partial charge is 0.237 e. The first-order chi connectivity index (χ1) is 8.45. The predicted octanol–water partition coefficient (Wildman–Crippen LogP) is 1.54. The Morgan fingerprint density at radius 3 is 2.53 bits per heavy atom. The summed E-state index contributed by atoms with van der Waals surface area (Å²) in [5.41, 5.74) is 5.85. The van der Waals surface area contributed by atoms with Crippen LogP contribution in [-0.4, -0.2) is 25.7 Å². The van der Waals surface area contributed by atoms with E-state index in [0.29, 0.717) is 5.56 Å². The van der Waals surface area contributed by atoms with Crippen LogP contribution in [0.5, 0.6) is 0 Å². The normalized spacial score (nSPS) is 13.3. The molecule has 108 valence electrons. The lowest BCUT2D eigenvalue weighted by molar-refractivity contribution is -0.123. The summed E-state index contributed by atoms with van der Waals surface area (Å²) in [6, 6.07) is 2.17. The quantitative estimate of drug-likeness (QED) is 0.866. The maximum Gasteiger partial charge on any atom is 0.237 e. The van der Waals surface area contributed by atoms with E-state index >= 15 is 0 Å². The van der Waals surface area contributed by atoms with E-state index in [4.69, 9.17) is 10.5 Å². The van der Waals surface area contributed by atoms with Crippen LogP contribution < -0.4 is 11.1 Å². The molecule has 1 amide bonds. The van der Waals surface area contributed by atoms with Gasteiger partial charge in [-0.15, -0.1) is 12.4 Å². The van der Waals surface area contributed by atoms with Gasteiger partial charge in [0.2, 0.25) is 5.91 Å². The summed E-state index contributed by atoms with van der Waals surface area (Å²) in [6.45, 7) is 1.67. The lowest BCUT2D eigenvalue weighted by Crippen LogP contribution is -2.41. The molecule has 0 fully saturated rings. The van der Waals surface area contributed by atoms with Crippen LogP contribution in [0, 0.1) is 11.6 Å². The van der Waals surface area contributed by atoms with E-state index in [9.17, 15) is 13.6 Å². The lowest BCUT2D eigenvalue weighted by atomic mass is 10.1. The maximum absolute atomic E-state index is 13.1. The van der Waals surface area contributed by atoms with Gasteiger partial charge in [0.1, 0.15) is 0 Å². The van der Waals surface area contributed by atoms with Crippen molar-refractivity contribution in [2.75, 3.05) is 13.7 Å². The maximum atomic E-state index is 13.1. The molecular weight excluding hydrogens is 278 g/mol. The zero-order valence-corrected chi connectivity index (χ0v) is 11.5. The number of nitrogens with one attached hydrogen (secondary N) is 1. The average Bonchev–Trinajstić information content (AvgIpc) is 2.32. The summed E-state index contributed by atoms with van der Waals surface area (Å²) < 4.78 is 30.9. The number of carbonyl (C=O) groups excluding carboxylic acids is 1. The molecule has 0 saturated carbocycles. The van der Waals surface area contributed by atoms with Crippen molar-refractivity contribution in [1.82, 2.24) is 5.32 Å². The highest BCUT2D eigenvalue weighted by atomic mass is 35.5. The zero-order chi connectivity index (χ0) is 13.7. The number of rotatable bonds is 5. The van der Waals surface area contributed by atoms with E-state index in [0.717, 1.165) is 12.1 Å². The highest BCUT2D eigenvalue weighted by Crippen LogP contribution is 2.17. The van der Waals surface area contributed by atoms with Gasteiger partial charge < -0.3 is 15.8 Å². The standard InChI is InChI=1S/C12H16F2N2O2.ClH/c1-7(15)12(17)16-11(6-18-2)8-3-4-9(13)10(14)5-8;/h3-5,7,11H,6,15H2,1-2H3,(H,16,17);1H. The van der Waals surface area contributed by atoms with E-state index < -0.39 is 23.7 Å². The van der Waals surface area contributed by atoms with Crippen molar-refractivity contribution in [1.29, 1.82) is 0 Å². The molecule has 2 unspecified atom stereocenters. The molecule has 19 heavy (non-hydrogen) atoms. The second-order valence-corrected chi connectivity index (χ2v) is 3.98. The fourth-order valence-corrected chi connectivity index (χ4v) is 1.42. The third-order valence-corrected chi connectivity index (χ3v) is 2.41. The number of ether oxygens (including phenoxy) is 1. The third kappa shape index (κ3) is 5.10. The molecule has 1 aromatic rings. The number of nitrogens with two attached hydrogens (primary N) is 1. The van der Waals surface area contributed by atoms with Crippen molar-refractivity contribution in [3.05, 3.63) is 35.4 Å². The van der Waals surface area contributed by atoms with Crippen molar-refractivity contribution in [2.24, 2.45) is 5.73 Å². The van der Waals surface area contributed by atoms with Gasteiger partial charge in [0.05, 0.1) is 18.7 Å². The Bertz CT molecular complexity index is 430. The molecule has 1 rings (SSSR count). The van der Waals surface area contributed by atoms with Gasteiger partial charge in [-0.2, -0.15) is 0 Å². The number of hydrogen-bond acceptors (Lipinski definition) is 3. The molecule has 4 nitrogen and oxygen atoms in total. The van der Waals surface area contributed by atoms with Crippen molar-refractivity contribution in [3.8, 4) is 0 Å². The minimum absolute atomic E-state index is 0. The highest BCUT2D eigenvalue weighted by molar-refractivity contribution is 5.85. The molecule has 0 aliphatic carbocycles. The largest absolute Gasteiger partial charge is 0.382 e. The molecule has 0 aliphatic heterocycles. The Labute approximate surface area is 116 Å². The molecule has 1 aromatic carbocycles. The van der Waals surface area contributed by atoms with Crippen molar-refractivity contribution in [3.63, 3.8) is 0 Å². The Balaban J connectivity index is 0.00000324. The number of halogens is 3. The van der Waals surface area contributed by atoms with Gasteiger partial charge in [0, 0.05) is 7.11 Å². The first-order valence-corrected chi connectivity index (χ1v) is 5.45. The fourth-order valence-electron chi connectivity index (χ4n) is 1.42. The summed E-state index contributed by atoms with van der Waals surface area (Å²) >= 11 is 0. The van der Waals surface area contributed by atoms with Crippen LogP contribution in [0.2, 0.25) is 0 Å². The van der Waals surface area contributed by atoms with Gasteiger partial charge in [-0.25, -0.2) is 8.78 Å². The molecule has 0 heterocycles. The van der Waals surface area contributed by atoms with E-state index in [1.807, 2.05) is 0 Å². The molecule has 0 aromatic heterocycles.